The molecule has 0 bridgehead atoms. The van der Waals surface area contributed by atoms with Crippen LogP contribution in [0.15, 0.2) is 12.3 Å². The maximum Gasteiger partial charge on any atom is 0.277 e. The van der Waals surface area contributed by atoms with Crippen LogP contribution in [0, 0.1) is 17.0 Å². The Morgan fingerprint density at radius 2 is 2.11 bits per heavy atom. The van der Waals surface area contributed by atoms with Crippen molar-refractivity contribution in [3.8, 4) is 0 Å². The fraction of sp³-hybridized carbons (Fsp3) is 0.615. The Kier molecular flexibility index (Phi) is 6.21. The Labute approximate surface area is 114 Å². The van der Waals surface area contributed by atoms with Gasteiger partial charge in [0.2, 0.25) is 0 Å². The van der Waals surface area contributed by atoms with Crippen molar-refractivity contribution >= 4 is 11.5 Å². The number of nitrogens with one attached hydrogen (secondary N) is 1. The summed E-state index contributed by atoms with van der Waals surface area (Å²) in [6.07, 6.45) is 2.52. The van der Waals surface area contributed by atoms with Crippen LogP contribution in [-0.2, 0) is 0 Å². The molecule has 0 radical (unpaired) electrons. The van der Waals surface area contributed by atoms with Crippen molar-refractivity contribution in [2.75, 3.05) is 31.5 Å². The molecule has 0 fully saturated rings. The van der Waals surface area contributed by atoms with Gasteiger partial charge in [-0.1, -0.05) is 13.8 Å². The standard InChI is InChI=1S/C13H22N4O2/c1-4-16(5-2)8-6-7-14-13-9-12(17(18)19)11(3)10-15-13/h9-10H,4-8H2,1-3H3,(H,14,15). The summed E-state index contributed by atoms with van der Waals surface area (Å²) in [6.45, 7) is 9.85. The fourth-order valence-corrected chi connectivity index (χ4v) is 1.87. The smallest absolute Gasteiger partial charge is 0.277 e. The second-order valence-corrected chi connectivity index (χ2v) is 4.42. The Morgan fingerprint density at radius 1 is 1.42 bits per heavy atom. The molecule has 6 nitrogen and oxygen atoms in total. The summed E-state index contributed by atoms with van der Waals surface area (Å²) in [5, 5.41) is 13.9. The molecule has 0 unspecified atom stereocenters. The maximum absolute atomic E-state index is 10.8. The molecule has 0 amide bonds. The molecule has 1 heterocycles. The number of nitrogens with zero attached hydrogens (tertiary/aromatic N) is 3. The summed E-state index contributed by atoms with van der Waals surface area (Å²) in [4.78, 5) is 16.9. The predicted molar refractivity (Wildman–Crippen MR) is 76.5 cm³/mol. The molecule has 0 aliphatic carbocycles. The van der Waals surface area contributed by atoms with Gasteiger partial charge in [0.05, 0.1) is 11.0 Å². The maximum atomic E-state index is 10.8. The molecule has 1 aromatic rings. The molecule has 0 aliphatic rings. The summed E-state index contributed by atoms with van der Waals surface area (Å²) in [5.41, 5.74) is 0.694. The van der Waals surface area contributed by atoms with E-state index in [9.17, 15) is 10.1 Å². The van der Waals surface area contributed by atoms with Gasteiger partial charge in [0, 0.05) is 18.3 Å². The normalized spacial score (nSPS) is 10.7. The summed E-state index contributed by atoms with van der Waals surface area (Å²) < 4.78 is 0. The third-order valence-corrected chi connectivity index (χ3v) is 3.12. The van der Waals surface area contributed by atoms with E-state index in [2.05, 4.69) is 29.0 Å². The van der Waals surface area contributed by atoms with Crippen LogP contribution in [0.25, 0.3) is 0 Å². The molecule has 0 saturated heterocycles. The Balaban J connectivity index is 2.46. The molecule has 0 spiro atoms. The van der Waals surface area contributed by atoms with Crippen LogP contribution in [0.2, 0.25) is 0 Å². The van der Waals surface area contributed by atoms with Gasteiger partial charge in [0.15, 0.2) is 0 Å². The molecule has 19 heavy (non-hydrogen) atoms. The van der Waals surface area contributed by atoms with Gasteiger partial charge < -0.3 is 10.2 Å². The molecule has 1 N–H and O–H groups in total. The number of hydrogen-bond donors (Lipinski definition) is 1. The average Bonchev–Trinajstić information content (AvgIpc) is 2.40. The van der Waals surface area contributed by atoms with E-state index in [0.717, 1.165) is 32.6 Å². The molecule has 1 rings (SSSR count). The second-order valence-electron chi connectivity index (χ2n) is 4.42. The Bertz CT molecular complexity index is 419. The number of anilines is 1. The minimum atomic E-state index is -0.377. The lowest BCUT2D eigenvalue weighted by Gasteiger charge is -2.17. The minimum absolute atomic E-state index is 0.112. The van der Waals surface area contributed by atoms with Crippen LogP contribution >= 0.6 is 0 Å². The van der Waals surface area contributed by atoms with E-state index in [0.29, 0.717) is 11.4 Å². The average molecular weight is 266 g/mol. The monoisotopic (exact) mass is 266 g/mol. The van der Waals surface area contributed by atoms with Crippen LogP contribution in [-0.4, -0.2) is 41.0 Å². The highest BCUT2D eigenvalue weighted by Gasteiger charge is 2.11. The topological polar surface area (TPSA) is 71.3 Å². The van der Waals surface area contributed by atoms with Crippen molar-refractivity contribution in [3.63, 3.8) is 0 Å². The van der Waals surface area contributed by atoms with Crippen LogP contribution < -0.4 is 5.32 Å². The quantitative estimate of drug-likeness (QED) is 0.444. The van der Waals surface area contributed by atoms with E-state index < -0.39 is 0 Å². The van der Waals surface area contributed by atoms with Crippen molar-refractivity contribution in [2.24, 2.45) is 0 Å². The summed E-state index contributed by atoms with van der Waals surface area (Å²) in [7, 11) is 0. The van der Waals surface area contributed by atoms with Crippen molar-refractivity contribution < 1.29 is 4.92 Å². The highest BCUT2D eigenvalue weighted by molar-refractivity contribution is 5.48. The highest BCUT2D eigenvalue weighted by Crippen LogP contribution is 2.19. The van der Waals surface area contributed by atoms with Gasteiger partial charge in [0.1, 0.15) is 5.82 Å². The number of aryl methyl sites for hydroxylation is 1. The molecule has 1 aromatic heterocycles. The first kappa shape index (κ1) is 15.4. The first-order valence-electron chi connectivity index (χ1n) is 6.65. The lowest BCUT2D eigenvalue weighted by atomic mass is 10.2. The van der Waals surface area contributed by atoms with Gasteiger partial charge in [-0.25, -0.2) is 4.98 Å². The number of aromatic nitrogens is 1. The van der Waals surface area contributed by atoms with E-state index in [-0.39, 0.29) is 10.6 Å². The van der Waals surface area contributed by atoms with E-state index in [4.69, 9.17) is 0 Å². The zero-order valence-electron chi connectivity index (χ0n) is 11.8. The van der Waals surface area contributed by atoms with Crippen LogP contribution in [0.5, 0.6) is 0 Å². The molecule has 0 atom stereocenters. The van der Waals surface area contributed by atoms with E-state index in [1.807, 2.05) is 0 Å². The number of nitro groups is 1. The van der Waals surface area contributed by atoms with Gasteiger partial charge in [-0.05, 0) is 33.0 Å². The molecule has 6 heteroatoms. The van der Waals surface area contributed by atoms with Gasteiger partial charge >= 0.3 is 0 Å². The highest BCUT2D eigenvalue weighted by atomic mass is 16.6. The first-order chi connectivity index (χ1) is 9.08. The van der Waals surface area contributed by atoms with E-state index >= 15 is 0 Å². The molecule has 0 aromatic carbocycles. The summed E-state index contributed by atoms with van der Waals surface area (Å²) in [5.74, 6) is 0.567. The number of hydrogen-bond acceptors (Lipinski definition) is 5. The summed E-state index contributed by atoms with van der Waals surface area (Å²) in [6, 6.07) is 1.49. The van der Waals surface area contributed by atoms with Crippen molar-refractivity contribution in [3.05, 3.63) is 27.9 Å². The lowest BCUT2D eigenvalue weighted by Crippen LogP contribution is -2.25. The van der Waals surface area contributed by atoms with Crippen molar-refractivity contribution in [2.45, 2.75) is 27.2 Å². The third-order valence-electron chi connectivity index (χ3n) is 3.12. The molecule has 106 valence electrons. The van der Waals surface area contributed by atoms with Crippen LogP contribution in [0.1, 0.15) is 25.8 Å². The first-order valence-corrected chi connectivity index (χ1v) is 6.65. The van der Waals surface area contributed by atoms with Gasteiger partial charge in [0.25, 0.3) is 5.69 Å². The largest absolute Gasteiger partial charge is 0.370 e. The molecular formula is C13H22N4O2. The fourth-order valence-electron chi connectivity index (χ4n) is 1.87. The minimum Gasteiger partial charge on any atom is -0.370 e. The number of pyridine rings is 1. The zero-order valence-corrected chi connectivity index (χ0v) is 11.8. The Hall–Kier alpha value is -1.69. The Morgan fingerprint density at radius 3 is 2.68 bits per heavy atom. The van der Waals surface area contributed by atoms with Gasteiger partial charge in [-0.3, -0.25) is 10.1 Å². The zero-order chi connectivity index (χ0) is 14.3. The van der Waals surface area contributed by atoms with E-state index in [1.54, 1.807) is 6.92 Å². The predicted octanol–water partition coefficient (Wildman–Crippen LogP) is 2.44. The molecule has 0 aliphatic heterocycles. The van der Waals surface area contributed by atoms with Crippen molar-refractivity contribution in [1.82, 2.24) is 9.88 Å². The van der Waals surface area contributed by atoms with Gasteiger partial charge in [-0.15, -0.1) is 0 Å². The van der Waals surface area contributed by atoms with Gasteiger partial charge in [-0.2, -0.15) is 0 Å². The number of rotatable bonds is 8. The molecular weight excluding hydrogens is 244 g/mol. The second kappa shape index (κ2) is 7.68. The summed E-state index contributed by atoms with van der Waals surface area (Å²) >= 11 is 0. The van der Waals surface area contributed by atoms with E-state index in [1.165, 1.54) is 12.3 Å². The SMILES string of the molecule is CCN(CC)CCCNc1cc([N+](=O)[O-])c(C)cn1. The lowest BCUT2D eigenvalue weighted by molar-refractivity contribution is -0.385. The van der Waals surface area contributed by atoms with Crippen LogP contribution in [0.3, 0.4) is 0 Å². The third kappa shape index (κ3) is 4.82. The van der Waals surface area contributed by atoms with Crippen LogP contribution in [0.4, 0.5) is 11.5 Å². The molecule has 0 saturated carbocycles. The van der Waals surface area contributed by atoms with Crippen molar-refractivity contribution in [1.29, 1.82) is 0 Å².